The Morgan fingerprint density at radius 1 is 1.03 bits per heavy atom. The molecule has 1 aliphatic heterocycles. The van der Waals surface area contributed by atoms with Gasteiger partial charge in [-0.15, -0.1) is 0 Å². The standard InChI is InChI=1S/C22H26N4O3/c23-18(13-15-5-2-1-3-6-15)22(29)26-12-4-7-19(26)21(28)25-14-16-8-10-17(11-9-16)20(24)27/h1-3,5-6,8-11,18-19H,4,7,12-14,23H2,(H2,24,27)(H,25,28). The van der Waals surface area contributed by atoms with Gasteiger partial charge < -0.3 is 21.7 Å². The molecule has 1 fully saturated rings. The van der Waals surface area contributed by atoms with Crippen molar-refractivity contribution in [3.05, 3.63) is 71.3 Å². The summed E-state index contributed by atoms with van der Waals surface area (Å²) in [5, 5.41) is 2.87. The predicted molar refractivity (Wildman–Crippen MR) is 110 cm³/mol. The Hall–Kier alpha value is -3.19. The van der Waals surface area contributed by atoms with Gasteiger partial charge in [0.15, 0.2) is 0 Å². The van der Waals surface area contributed by atoms with E-state index in [2.05, 4.69) is 5.32 Å². The van der Waals surface area contributed by atoms with Crippen molar-refractivity contribution in [2.45, 2.75) is 37.9 Å². The number of likely N-dealkylation sites (tertiary alicyclic amines) is 1. The number of nitrogens with two attached hydrogens (primary N) is 2. The van der Waals surface area contributed by atoms with E-state index in [1.54, 1.807) is 29.2 Å². The zero-order chi connectivity index (χ0) is 20.8. The second kappa shape index (κ2) is 9.34. The molecule has 7 heteroatoms. The number of carbonyl (C=O) groups excluding carboxylic acids is 3. The highest BCUT2D eigenvalue weighted by molar-refractivity contribution is 5.93. The predicted octanol–water partition coefficient (Wildman–Crippen LogP) is 0.963. The Morgan fingerprint density at radius 2 is 1.72 bits per heavy atom. The van der Waals surface area contributed by atoms with Gasteiger partial charge >= 0.3 is 0 Å². The molecule has 2 atom stereocenters. The van der Waals surface area contributed by atoms with Gasteiger partial charge in [-0.05, 0) is 42.5 Å². The first-order chi connectivity index (χ1) is 14.0. The number of hydrogen-bond acceptors (Lipinski definition) is 4. The van der Waals surface area contributed by atoms with Gasteiger partial charge in [-0.2, -0.15) is 0 Å². The van der Waals surface area contributed by atoms with Crippen molar-refractivity contribution >= 4 is 17.7 Å². The number of hydrogen-bond donors (Lipinski definition) is 3. The molecule has 0 spiro atoms. The van der Waals surface area contributed by atoms with Gasteiger partial charge in [-0.3, -0.25) is 14.4 Å². The van der Waals surface area contributed by atoms with E-state index in [0.29, 0.717) is 31.5 Å². The van der Waals surface area contributed by atoms with Crippen LogP contribution in [0.2, 0.25) is 0 Å². The summed E-state index contributed by atoms with van der Waals surface area (Å²) in [6.07, 6.45) is 1.84. The summed E-state index contributed by atoms with van der Waals surface area (Å²) in [6.45, 7) is 0.846. The van der Waals surface area contributed by atoms with E-state index in [1.807, 2.05) is 30.3 Å². The monoisotopic (exact) mass is 394 g/mol. The quantitative estimate of drug-likeness (QED) is 0.648. The van der Waals surface area contributed by atoms with E-state index in [4.69, 9.17) is 11.5 Å². The number of nitrogens with zero attached hydrogens (tertiary/aromatic N) is 1. The minimum atomic E-state index is -0.674. The second-order valence-electron chi connectivity index (χ2n) is 7.26. The molecule has 3 rings (SSSR count). The molecular formula is C22H26N4O3. The van der Waals surface area contributed by atoms with Crippen molar-refractivity contribution in [2.75, 3.05) is 6.54 Å². The molecule has 3 amide bonds. The van der Waals surface area contributed by atoms with Gasteiger partial charge in [0.25, 0.3) is 0 Å². The lowest BCUT2D eigenvalue weighted by Crippen LogP contribution is -2.51. The molecular weight excluding hydrogens is 368 g/mol. The smallest absolute Gasteiger partial charge is 0.248 e. The molecule has 0 aliphatic carbocycles. The van der Waals surface area contributed by atoms with Gasteiger partial charge in [0.05, 0.1) is 6.04 Å². The Morgan fingerprint density at radius 3 is 2.38 bits per heavy atom. The lowest BCUT2D eigenvalue weighted by atomic mass is 10.1. The van der Waals surface area contributed by atoms with Crippen molar-refractivity contribution < 1.29 is 14.4 Å². The SMILES string of the molecule is NC(=O)c1ccc(CNC(=O)C2CCCN2C(=O)C(N)Cc2ccccc2)cc1. The van der Waals surface area contributed by atoms with Crippen LogP contribution in [0.4, 0.5) is 0 Å². The number of benzene rings is 2. The van der Waals surface area contributed by atoms with Crippen molar-refractivity contribution in [3.8, 4) is 0 Å². The zero-order valence-corrected chi connectivity index (χ0v) is 16.2. The van der Waals surface area contributed by atoms with E-state index in [-0.39, 0.29) is 11.8 Å². The Balaban J connectivity index is 1.56. The highest BCUT2D eigenvalue weighted by Gasteiger charge is 2.35. The summed E-state index contributed by atoms with van der Waals surface area (Å²) in [5.74, 6) is -0.883. The summed E-state index contributed by atoms with van der Waals surface area (Å²) in [5.41, 5.74) is 13.6. The maximum atomic E-state index is 12.8. The van der Waals surface area contributed by atoms with Crippen LogP contribution >= 0.6 is 0 Å². The van der Waals surface area contributed by atoms with Crippen molar-refractivity contribution in [2.24, 2.45) is 11.5 Å². The summed E-state index contributed by atoms with van der Waals surface area (Å²) in [7, 11) is 0. The minimum absolute atomic E-state index is 0.193. The first-order valence-corrected chi connectivity index (χ1v) is 9.72. The van der Waals surface area contributed by atoms with Crippen LogP contribution in [0.3, 0.4) is 0 Å². The Labute approximate surface area is 170 Å². The molecule has 2 aromatic rings. The van der Waals surface area contributed by atoms with Crippen LogP contribution in [0.5, 0.6) is 0 Å². The first kappa shape index (κ1) is 20.5. The molecule has 0 radical (unpaired) electrons. The lowest BCUT2D eigenvalue weighted by molar-refractivity contribution is -0.139. The van der Waals surface area contributed by atoms with Crippen LogP contribution in [0, 0.1) is 0 Å². The van der Waals surface area contributed by atoms with Crippen LogP contribution in [0.15, 0.2) is 54.6 Å². The molecule has 0 bridgehead atoms. The highest BCUT2D eigenvalue weighted by atomic mass is 16.2. The van der Waals surface area contributed by atoms with Gasteiger partial charge in [-0.1, -0.05) is 42.5 Å². The van der Waals surface area contributed by atoms with Gasteiger partial charge in [0.1, 0.15) is 6.04 Å². The number of rotatable bonds is 7. The summed E-state index contributed by atoms with van der Waals surface area (Å²) >= 11 is 0. The third-order valence-corrected chi connectivity index (χ3v) is 5.16. The van der Waals surface area contributed by atoms with Gasteiger partial charge in [0, 0.05) is 18.7 Å². The van der Waals surface area contributed by atoms with Crippen molar-refractivity contribution in [3.63, 3.8) is 0 Å². The molecule has 0 saturated carbocycles. The fourth-order valence-electron chi connectivity index (χ4n) is 3.57. The van der Waals surface area contributed by atoms with E-state index in [0.717, 1.165) is 17.5 Å². The second-order valence-corrected chi connectivity index (χ2v) is 7.26. The average Bonchev–Trinajstić information content (AvgIpc) is 3.22. The topological polar surface area (TPSA) is 119 Å². The van der Waals surface area contributed by atoms with Crippen LogP contribution in [0.25, 0.3) is 0 Å². The summed E-state index contributed by atoms with van der Waals surface area (Å²) in [6, 6.07) is 15.2. The number of primary amides is 1. The maximum absolute atomic E-state index is 12.8. The van der Waals surface area contributed by atoms with Gasteiger partial charge in [-0.25, -0.2) is 0 Å². The van der Waals surface area contributed by atoms with Crippen LogP contribution in [-0.4, -0.2) is 41.2 Å². The summed E-state index contributed by atoms with van der Waals surface area (Å²) < 4.78 is 0. The maximum Gasteiger partial charge on any atom is 0.248 e. The summed E-state index contributed by atoms with van der Waals surface area (Å²) in [4.78, 5) is 38.2. The van der Waals surface area contributed by atoms with E-state index < -0.39 is 18.0 Å². The molecule has 1 saturated heterocycles. The van der Waals surface area contributed by atoms with E-state index in [9.17, 15) is 14.4 Å². The third kappa shape index (κ3) is 5.20. The molecule has 29 heavy (non-hydrogen) atoms. The van der Waals surface area contributed by atoms with Crippen molar-refractivity contribution in [1.29, 1.82) is 0 Å². The van der Waals surface area contributed by atoms with E-state index >= 15 is 0 Å². The number of carbonyl (C=O) groups is 3. The Kier molecular flexibility index (Phi) is 6.61. The highest BCUT2D eigenvalue weighted by Crippen LogP contribution is 2.19. The molecule has 152 valence electrons. The normalized spacial score (nSPS) is 17.0. The average molecular weight is 394 g/mol. The lowest BCUT2D eigenvalue weighted by Gasteiger charge is -2.26. The van der Waals surface area contributed by atoms with Crippen LogP contribution in [0.1, 0.15) is 34.3 Å². The van der Waals surface area contributed by atoms with Gasteiger partial charge in [0.2, 0.25) is 17.7 Å². The van der Waals surface area contributed by atoms with E-state index in [1.165, 1.54) is 0 Å². The fourth-order valence-corrected chi connectivity index (χ4v) is 3.57. The largest absolute Gasteiger partial charge is 0.366 e. The molecule has 7 nitrogen and oxygen atoms in total. The molecule has 0 aromatic heterocycles. The minimum Gasteiger partial charge on any atom is -0.366 e. The molecule has 1 heterocycles. The zero-order valence-electron chi connectivity index (χ0n) is 16.2. The number of nitrogens with one attached hydrogen (secondary N) is 1. The van der Waals surface area contributed by atoms with Crippen LogP contribution < -0.4 is 16.8 Å². The van der Waals surface area contributed by atoms with Crippen molar-refractivity contribution in [1.82, 2.24) is 10.2 Å². The van der Waals surface area contributed by atoms with Crippen LogP contribution in [-0.2, 0) is 22.6 Å². The molecule has 2 unspecified atom stereocenters. The number of amides is 3. The fraction of sp³-hybridized carbons (Fsp3) is 0.318. The third-order valence-electron chi connectivity index (χ3n) is 5.16. The first-order valence-electron chi connectivity index (χ1n) is 9.72. The molecule has 2 aromatic carbocycles. The molecule has 5 N–H and O–H groups in total. The molecule has 1 aliphatic rings. The Bertz CT molecular complexity index is 867.